The predicted octanol–water partition coefficient (Wildman–Crippen LogP) is 3.78. The normalized spacial score (nSPS) is 10.4. The maximum atomic E-state index is 12.7. The molecular formula is C18H17N3O3S. The lowest BCUT2D eigenvalue weighted by Gasteiger charge is -2.11. The molecule has 1 amide bonds. The van der Waals surface area contributed by atoms with Gasteiger partial charge >= 0.3 is 0 Å². The first-order chi connectivity index (χ1) is 12.1. The van der Waals surface area contributed by atoms with Crippen molar-refractivity contribution in [2.45, 2.75) is 6.92 Å². The zero-order valence-corrected chi connectivity index (χ0v) is 14.9. The summed E-state index contributed by atoms with van der Waals surface area (Å²) in [6, 6.07) is 13.1. The Morgan fingerprint density at radius 2 is 1.68 bits per heavy atom. The number of rotatable bonds is 5. The molecule has 0 bridgehead atoms. The van der Waals surface area contributed by atoms with Crippen LogP contribution in [0.15, 0.2) is 42.5 Å². The summed E-state index contributed by atoms with van der Waals surface area (Å²) in [6.07, 6.45) is 0. The molecule has 3 rings (SSSR count). The molecule has 0 aliphatic heterocycles. The average molecular weight is 355 g/mol. The predicted molar refractivity (Wildman–Crippen MR) is 97.6 cm³/mol. The van der Waals surface area contributed by atoms with Crippen molar-refractivity contribution in [1.82, 2.24) is 10.2 Å². The Kier molecular flexibility index (Phi) is 4.95. The minimum absolute atomic E-state index is 0.320. The Hall–Kier alpha value is -2.93. The number of methoxy groups -OCH3 is 2. The van der Waals surface area contributed by atoms with Gasteiger partial charge in [0.2, 0.25) is 5.13 Å². The van der Waals surface area contributed by atoms with Crippen molar-refractivity contribution in [1.29, 1.82) is 0 Å². The molecule has 3 aromatic rings. The summed E-state index contributed by atoms with van der Waals surface area (Å²) in [4.78, 5) is 12.7. The van der Waals surface area contributed by atoms with Crippen LogP contribution in [0.5, 0.6) is 11.5 Å². The fourth-order valence-electron chi connectivity index (χ4n) is 2.43. The van der Waals surface area contributed by atoms with E-state index in [1.165, 1.54) is 25.6 Å². The molecule has 1 N–H and O–H groups in total. The van der Waals surface area contributed by atoms with Gasteiger partial charge in [-0.05, 0) is 24.6 Å². The summed E-state index contributed by atoms with van der Waals surface area (Å²) >= 11 is 1.31. The van der Waals surface area contributed by atoms with E-state index in [1.54, 1.807) is 18.2 Å². The van der Waals surface area contributed by atoms with E-state index in [4.69, 9.17) is 9.47 Å². The first-order valence-corrected chi connectivity index (χ1v) is 8.37. The Morgan fingerprint density at radius 3 is 2.32 bits per heavy atom. The third-order valence-corrected chi connectivity index (χ3v) is 4.55. The Morgan fingerprint density at radius 1 is 1.00 bits per heavy atom. The van der Waals surface area contributed by atoms with Gasteiger partial charge in [-0.25, -0.2) is 0 Å². The Labute approximate surface area is 149 Å². The van der Waals surface area contributed by atoms with Crippen LogP contribution in [0.3, 0.4) is 0 Å². The lowest BCUT2D eigenvalue weighted by Crippen LogP contribution is -2.14. The van der Waals surface area contributed by atoms with Crippen LogP contribution in [0, 0.1) is 6.92 Å². The smallest absolute Gasteiger partial charge is 0.265 e. The number of hydrogen-bond donors (Lipinski definition) is 1. The number of benzene rings is 2. The van der Waals surface area contributed by atoms with Gasteiger partial charge in [0.05, 0.1) is 14.2 Å². The first-order valence-electron chi connectivity index (χ1n) is 7.56. The van der Waals surface area contributed by atoms with Gasteiger partial charge in [0.25, 0.3) is 5.91 Å². The summed E-state index contributed by atoms with van der Waals surface area (Å²) in [5.74, 6) is 0.503. The molecule has 0 radical (unpaired) electrons. The maximum absolute atomic E-state index is 12.7. The Balaban J connectivity index is 1.87. The average Bonchev–Trinajstić information content (AvgIpc) is 3.09. The molecule has 25 heavy (non-hydrogen) atoms. The summed E-state index contributed by atoms with van der Waals surface area (Å²) in [6.45, 7) is 2.01. The van der Waals surface area contributed by atoms with Gasteiger partial charge in [-0.1, -0.05) is 41.7 Å². The second-order valence-corrected chi connectivity index (χ2v) is 6.20. The fraction of sp³-hybridized carbons (Fsp3) is 0.167. The van der Waals surface area contributed by atoms with Crippen molar-refractivity contribution in [3.63, 3.8) is 0 Å². The third-order valence-electron chi connectivity index (χ3n) is 3.68. The van der Waals surface area contributed by atoms with E-state index in [2.05, 4.69) is 15.5 Å². The molecule has 0 spiro atoms. The van der Waals surface area contributed by atoms with Gasteiger partial charge in [0.15, 0.2) is 0 Å². The number of carbonyl (C=O) groups is 1. The number of ether oxygens (including phenoxy) is 2. The number of nitrogens with one attached hydrogen (secondary N) is 1. The summed E-state index contributed by atoms with van der Waals surface area (Å²) in [5.41, 5.74) is 2.42. The lowest BCUT2D eigenvalue weighted by atomic mass is 10.1. The molecule has 0 atom stereocenters. The van der Waals surface area contributed by atoms with Crippen LogP contribution in [-0.4, -0.2) is 30.3 Å². The molecule has 0 saturated heterocycles. The van der Waals surface area contributed by atoms with Gasteiger partial charge in [0.1, 0.15) is 22.1 Å². The van der Waals surface area contributed by atoms with Crippen molar-refractivity contribution < 1.29 is 14.3 Å². The number of nitrogens with zero attached hydrogens (tertiary/aromatic N) is 2. The molecular weight excluding hydrogens is 338 g/mol. The molecule has 0 fully saturated rings. The number of amides is 1. The standard InChI is InChI=1S/C18H17N3O3S/c1-11-7-4-5-8-12(11)17-20-21-18(25-17)19-16(22)15-13(23-2)9-6-10-14(15)24-3/h4-10H,1-3H3,(H,19,21,22). The molecule has 128 valence electrons. The van der Waals surface area contributed by atoms with Gasteiger partial charge in [-0.15, -0.1) is 10.2 Å². The monoisotopic (exact) mass is 355 g/mol. The second kappa shape index (κ2) is 7.31. The van der Waals surface area contributed by atoms with Gasteiger partial charge in [0, 0.05) is 5.56 Å². The van der Waals surface area contributed by atoms with Crippen LogP contribution in [0.25, 0.3) is 10.6 Å². The molecule has 7 heteroatoms. The van der Waals surface area contributed by atoms with Gasteiger partial charge < -0.3 is 9.47 Å². The van der Waals surface area contributed by atoms with E-state index in [-0.39, 0.29) is 5.91 Å². The van der Waals surface area contributed by atoms with E-state index >= 15 is 0 Å². The van der Waals surface area contributed by atoms with Crippen LogP contribution in [0.1, 0.15) is 15.9 Å². The second-order valence-electron chi connectivity index (χ2n) is 5.22. The topological polar surface area (TPSA) is 73.3 Å². The highest BCUT2D eigenvalue weighted by Gasteiger charge is 2.20. The highest BCUT2D eigenvalue weighted by atomic mass is 32.1. The molecule has 0 aliphatic rings. The first kappa shape index (κ1) is 16.9. The van der Waals surface area contributed by atoms with E-state index in [9.17, 15) is 4.79 Å². The van der Waals surface area contributed by atoms with Crippen molar-refractivity contribution in [3.8, 4) is 22.1 Å². The largest absolute Gasteiger partial charge is 0.496 e. The SMILES string of the molecule is COc1cccc(OC)c1C(=O)Nc1nnc(-c2ccccc2C)s1. The molecule has 1 heterocycles. The van der Waals surface area contributed by atoms with Gasteiger partial charge in [-0.2, -0.15) is 0 Å². The molecule has 0 unspecified atom stereocenters. The van der Waals surface area contributed by atoms with Crippen molar-refractivity contribution >= 4 is 22.4 Å². The van der Waals surface area contributed by atoms with Crippen LogP contribution >= 0.6 is 11.3 Å². The third kappa shape index (κ3) is 3.46. The Bertz CT molecular complexity index is 886. The van der Waals surface area contributed by atoms with Crippen molar-refractivity contribution in [3.05, 3.63) is 53.6 Å². The van der Waals surface area contributed by atoms with Crippen molar-refractivity contribution in [2.75, 3.05) is 19.5 Å². The number of hydrogen-bond acceptors (Lipinski definition) is 6. The molecule has 6 nitrogen and oxygen atoms in total. The highest BCUT2D eigenvalue weighted by molar-refractivity contribution is 7.18. The highest BCUT2D eigenvalue weighted by Crippen LogP contribution is 2.31. The number of carbonyl (C=O) groups excluding carboxylic acids is 1. The lowest BCUT2D eigenvalue weighted by molar-refractivity contribution is 0.102. The van der Waals surface area contributed by atoms with E-state index in [0.717, 1.165) is 16.1 Å². The number of aromatic nitrogens is 2. The van der Waals surface area contributed by atoms with E-state index in [1.807, 2.05) is 31.2 Å². The summed E-state index contributed by atoms with van der Waals surface area (Å²) < 4.78 is 10.5. The number of anilines is 1. The van der Waals surface area contributed by atoms with Crippen LogP contribution < -0.4 is 14.8 Å². The summed E-state index contributed by atoms with van der Waals surface area (Å²) in [5, 5.41) is 12.2. The van der Waals surface area contributed by atoms with E-state index < -0.39 is 0 Å². The maximum Gasteiger partial charge on any atom is 0.265 e. The fourth-order valence-corrected chi connectivity index (χ4v) is 3.26. The van der Waals surface area contributed by atoms with Crippen molar-refractivity contribution in [2.24, 2.45) is 0 Å². The zero-order chi connectivity index (χ0) is 17.8. The zero-order valence-electron chi connectivity index (χ0n) is 14.1. The van der Waals surface area contributed by atoms with Gasteiger partial charge in [-0.3, -0.25) is 10.1 Å². The van der Waals surface area contributed by atoms with Crippen LogP contribution in [0.4, 0.5) is 5.13 Å². The number of aryl methyl sites for hydroxylation is 1. The molecule has 2 aromatic carbocycles. The minimum Gasteiger partial charge on any atom is -0.496 e. The molecule has 0 saturated carbocycles. The quantitative estimate of drug-likeness (QED) is 0.754. The van der Waals surface area contributed by atoms with Crippen LogP contribution in [0.2, 0.25) is 0 Å². The van der Waals surface area contributed by atoms with E-state index in [0.29, 0.717) is 22.2 Å². The molecule has 1 aromatic heterocycles. The summed E-state index contributed by atoms with van der Waals surface area (Å²) in [7, 11) is 3.01. The minimum atomic E-state index is -0.359. The van der Waals surface area contributed by atoms with Crippen LogP contribution in [-0.2, 0) is 0 Å². The molecule has 0 aliphatic carbocycles.